The second kappa shape index (κ2) is 7.83. The van der Waals surface area contributed by atoms with Crippen LogP contribution in [-0.2, 0) is 13.0 Å². The Morgan fingerprint density at radius 1 is 1.14 bits per heavy atom. The van der Waals surface area contributed by atoms with Gasteiger partial charge in [0.1, 0.15) is 17.5 Å². The summed E-state index contributed by atoms with van der Waals surface area (Å²) in [4.78, 5) is 11.8. The van der Waals surface area contributed by atoms with Crippen LogP contribution in [0.5, 0.6) is 11.5 Å². The molecule has 1 aliphatic carbocycles. The molecular weight excluding hydrogens is 356 g/mol. The zero-order valence-electron chi connectivity index (χ0n) is 16.7. The first-order chi connectivity index (χ1) is 13.6. The number of hydrogen-bond acceptors (Lipinski definition) is 7. The van der Waals surface area contributed by atoms with Crippen LogP contribution in [0.25, 0.3) is 0 Å². The molecule has 1 aromatic heterocycles. The van der Waals surface area contributed by atoms with Gasteiger partial charge >= 0.3 is 0 Å². The van der Waals surface area contributed by atoms with Crippen molar-refractivity contribution in [2.24, 2.45) is 0 Å². The summed E-state index contributed by atoms with van der Waals surface area (Å²) in [6.07, 6.45) is 3.23. The van der Waals surface area contributed by atoms with E-state index in [0.717, 1.165) is 61.3 Å². The van der Waals surface area contributed by atoms with Crippen LogP contribution >= 0.6 is 0 Å². The van der Waals surface area contributed by atoms with Gasteiger partial charge in [0, 0.05) is 31.1 Å². The number of methoxy groups -OCH3 is 2. The molecule has 28 heavy (non-hydrogen) atoms. The Bertz CT molecular complexity index is 854. The Hall–Kier alpha value is -2.54. The second-order valence-electron chi connectivity index (χ2n) is 7.62. The van der Waals surface area contributed by atoms with E-state index in [-0.39, 0.29) is 12.6 Å². The zero-order chi connectivity index (χ0) is 19.7. The van der Waals surface area contributed by atoms with Gasteiger partial charge < -0.3 is 24.8 Å². The van der Waals surface area contributed by atoms with Gasteiger partial charge in [0.15, 0.2) is 11.5 Å². The van der Waals surface area contributed by atoms with Gasteiger partial charge in [-0.15, -0.1) is 0 Å². The molecule has 0 amide bonds. The highest BCUT2D eigenvalue weighted by atomic mass is 16.5. The van der Waals surface area contributed by atoms with Crippen LogP contribution in [0.4, 0.5) is 11.6 Å². The minimum absolute atomic E-state index is 0.0476. The number of nitrogens with one attached hydrogen (secondary N) is 1. The highest BCUT2D eigenvalue weighted by Crippen LogP contribution is 2.40. The standard InChI is InChI=1S/C21H28N4O3/c1-13(12-26)22-19-10-20(24-21(23-19)14-4-5-14)25-7-6-15-8-17(27-2)18(28-3)9-16(15)11-25/h8-10,13-14,26H,4-7,11-12H2,1-3H3,(H,22,23,24)/t13-/m1/s1. The molecule has 4 rings (SSSR count). The first-order valence-electron chi connectivity index (χ1n) is 9.86. The third kappa shape index (κ3) is 3.85. The quantitative estimate of drug-likeness (QED) is 0.760. The van der Waals surface area contributed by atoms with Crippen LogP contribution in [0.1, 0.15) is 42.6 Å². The minimum Gasteiger partial charge on any atom is -0.493 e. The number of hydrogen-bond donors (Lipinski definition) is 2. The summed E-state index contributed by atoms with van der Waals surface area (Å²) in [6, 6.07) is 6.09. The van der Waals surface area contributed by atoms with E-state index in [4.69, 9.17) is 14.5 Å². The van der Waals surface area contributed by atoms with E-state index in [1.807, 2.05) is 13.0 Å². The van der Waals surface area contributed by atoms with E-state index in [0.29, 0.717) is 5.92 Å². The summed E-state index contributed by atoms with van der Waals surface area (Å²) in [5, 5.41) is 12.7. The van der Waals surface area contributed by atoms with Gasteiger partial charge in [0.2, 0.25) is 0 Å². The normalized spacial score (nSPS) is 17.1. The van der Waals surface area contributed by atoms with E-state index in [2.05, 4.69) is 27.3 Å². The highest BCUT2D eigenvalue weighted by molar-refractivity contribution is 5.55. The number of aliphatic hydroxyl groups is 1. The topological polar surface area (TPSA) is 79.7 Å². The number of anilines is 2. The first-order valence-corrected chi connectivity index (χ1v) is 9.86. The fourth-order valence-electron chi connectivity index (χ4n) is 3.59. The number of benzene rings is 1. The molecule has 2 aliphatic rings. The molecule has 1 aliphatic heterocycles. The van der Waals surface area contributed by atoms with Gasteiger partial charge in [-0.25, -0.2) is 9.97 Å². The Labute approximate surface area is 165 Å². The number of fused-ring (bicyclic) bond motifs is 1. The Kier molecular flexibility index (Phi) is 5.26. The lowest BCUT2D eigenvalue weighted by molar-refractivity contribution is 0.281. The number of aromatic nitrogens is 2. The van der Waals surface area contributed by atoms with Crippen molar-refractivity contribution in [2.75, 3.05) is 37.6 Å². The van der Waals surface area contributed by atoms with E-state index < -0.39 is 0 Å². The Balaban J connectivity index is 1.62. The fraction of sp³-hybridized carbons (Fsp3) is 0.524. The zero-order valence-corrected chi connectivity index (χ0v) is 16.7. The van der Waals surface area contributed by atoms with Crippen LogP contribution in [0.2, 0.25) is 0 Å². The van der Waals surface area contributed by atoms with Crippen LogP contribution in [0, 0.1) is 0 Å². The molecule has 1 fully saturated rings. The molecule has 2 N–H and O–H groups in total. The molecule has 0 unspecified atom stereocenters. The van der Waals surface area contributed by atoms with Crippen molar-refractivity contribution in [3.63, 3.8) is 0 Å². The van der Waals surface area contributed by atoms with Crippen molar-refractivity contribution in [1.29, 1.82) is 0 Å². The maximum atomic E-state index is 9.37. The van der Waals surface area contributed by atoms with E-state index in [1.165, 1.54) is 11.1 Å². The molecule has 7 nitrogen and oxygen atoms in total. The van der Waals surface area contributed by atoms with Crippen molar-refractivity contribution in [3.8, 4) is 11.5 Å². The molecule has 1 atom stereocenters. The summed E-state index contributed by atoms with van der Waals surface area (Å²) >= 11 is 0. The van der Waals surface area contributed by atoms with Gasteiger partial charge in [-0.05, 0) is 49.4 Å². The lowest BCUT2D eigenvalue weighted by Gasteiger charge is -2.31. The predicted octanol–water partition coefficient (Wildman–Crippen LogP) is 2.73. The van der Waals surface area contributed by atoms with E-state index >= 15 is 0 Å². The van der Waals surface area contributed by atoms with Gasteiger partial charge in [-0.3, -0.25) is 0 Å². The summed E-state index contributed by atoms with van der Waals surface area (Å²) in [7, 11) is 3.33. The molecule has 2 heterocycles. The number of aliphatic hydroxyl groups excluding tert-OH is 1. The fourth-order valence-corrected chi connectivity index (χ4v) is 3.59. The van der Waals surface area contributed by atoms with E-state index in [9.17, 15) is 5.11 Å². The van der Waals surface area contributed by atoms with Crippen LogP contribution in [-0.4, -0.2) is 48.5 Å². The van der Waals surface area contributed by atoms with Crippen LogP contribution < -0.4 is 19.7 Å². The lowest BCUT2D eigenvalue weighted by atomic mass is 9.99. The SMILES string of the molecule is COc1cc2c(cc1OC)CN(c1cc(N[C@H](C)CO)nc(C3CC3)n1)CC2. The third-order valence-electron chi connectivity index (χ3n) is 5.38. The molecule has 1 saturated carbocycles. The smallest absolute Gasteiger partial charge is 0.161 e. The lowest BCUT2D eigenvalue weighted by Crippen LogP contribution is -2.31. The van der Waals surface area contributed by atoms with Gasteiger partial charge in [0.05, 0.1) is 20.8 Å². The minimum atomic E-state index is -0.0476. The van der Waals surface area contributed by atoms with Crippen molar-refractivity contribution < 1.29 is 14.6 Å². The largest absolute Gasteiger partial charge is 0.493 e. The van der Waals surface area contributed by atoms with Crippen molar-refractivity contribution >= 4 is 11.6 Å². The molecule has 0 bridgehead atoms. The van der Waals surface area contributed by atoms with Crippen LogP contribution in [0.3, 0.4) is 0 Å². The van der Waals surface area contributed by atoms with Crippen molar-refractivity contribution in [1.82, 2.24) is 9.97 Å². The molecular formula is C21H28N4O3. The highest BCUT2D eigenvalue weighted by Gasteiger charge is 2.29. The monoisotopic (exact) mass is 384 g/mol. The number of nitrogens with zero attached hydrogens (tertiary/aromatic N) is 3. The number of rotatable bonds is 7. The van der Waals surface area contributed by atoms with Gasteiger partial charge in [-0.2, -0.15) is 0 Å². The first kappa shape index (κ1) is 18.8. The second-order valence-corrected chi connectivity index (χ2v) is 7.62. The maximum Gasteiger partial charge on any atom is 0.161 e. The molecule has 150 valence electrons. The molecule has 0 saturated heterocycles. The molecule has 7 heteroatoms. The van der Waals surface area contributed by atoms with Gasteiger partial charge in [0.25, 0.3) is 0 Å². The summed E-state index contributed by atoms with van der Waals surface area (Å²) in [6.45, 7) is 3.66. The third-order valence-corrected chi connectivity index (χ3v) is 5.38. The predicted molar refractivity (Wildman–Crippen MR) is 108 cm³/mol. The summed E-state index contributed by atoms with van der Waals surface area (Å²) in [5.41, 5.74) is 2.52. The Morgan fingerprint density at radius 3 is 2.50 bits per heavy atom. The van der Waals surface area contributed by atoms with Crippen molar-refractivity contribution in [3.05, 3.63) is 35.2 Å². The maximum absolute atomic E-state index is 9.37. The van der Waals surface area contributed by atoms with Gasteiger partial charge in [-0.1, -0.05) is 0 Å². The molecule has 2 aromatic rings. The van der Waals surface area contributed by atoms with E-state index in [1.54, 1.807) is 14.2 Å². The van der Waals surface area contributed by atoms with Crippen molar-refractivity contribution in [2.45, 2.75) is 44.7 Å². The molecule has 1 aromatic carbocycles. The summed E-state index contributed by atoms with van der Waals surface area (Å²) < 4.78 is 10.9. The summed E-state index contributed by atoms with van der Waals surface area (Å²) in [5.74, 6) is 4.62. The average molecular weight is 384 g/mol. The average Bonchev–Trinajstić information content (AvgIpc) is 3.57. The Morgan fingerprint density at radius 2 is 1.86 bits per heavy atom. The molecule has 0 radical (unpaired) electrons. The molecule has 0 spiro atoms. The van der Waals surface area contributed by atoms with Crippen LogP contribution in [0.15, 0.2) is 18.2 Å². The number of ether oxygens (including phenoxy) is 2.